The molecule has 98 valence electrons. The molecule has 0 radical (unpaired) electrons. The lowest BCUT2D eigenvalue weighted by Gasteiger charge is -2.30. The molecule has 0 aliphatic carbocycles. The molecule has 2 rings (SSSR count). The molecule has 1 atom stereocenters. The highest BCUT2D eigenvalue weighted by Gasteiger charge is 2.27. The number of amides is 1. The fourth-order valence-corrected chi connectivity index (χ4v) is 1.82. The van der Waals surface area contributed by atoms with E-state index < -0.39 is 12.7 Å². The van der Waals surface area contributed by atoms with E-state index in [9.17, 15) is 9.90 Å². The van der Waals surface area contributed by atoms with Crippen LogP contribution in [-0.2, 0) is 11.4 Å². The molecule has 3 N–H and O–H groups in total. The number of carbonyl (C=O) groups is 1. The van der Waals surface area contributed by atoms with Gasteiger partial charge in [0, 0.05) is 0 Å². The molecule has 0 fully saturated rings. The molecule has 1 aromatic carbocycles. The highest BCUT2D eigenvalue weighted by atomic mass is 16.5. The Morgan fingerprint density at radius 3 is 2.83 bits per heavy atom. The van der Waals surface area contributed by atoms with Crippen LogP contribution >= 0.6 is 0 Å². The summed E-state index contributed by atoms with van der Waals surface area (Å²) >= 11 is 0. The number of rotatable bonds is 4. The van der Waals surface area contributed by atoms with Crippen molar-refractivity contribution in [2.75, 3.05) is 24.7 Å². The van der Waals surface area contributed by atoms with Gasteiger partial charge in [-0.3, -0.25) is 4.79 Å². The lowest BCUT2D eigenvalue weighted by Crippen LogP contribution is -2.44. The van der Waals surface area contributed by atoms with Gasteiger partial charge >= 0.3 is 0 Å². The minimum atomic E-state index is -0.989. The number of carbonyl (C=O) groups excluding carboxylic acids is 1. The number of hydrogen-bond acceptors (Lipinski definition) is 5. The zero-order valence-electron chi connectivity index (χ0n) is 9.74. The molecule has 18 heavy (non-hydrogen) atoms. The summed E-state index contributed by atoms with van der Waals surface area (Å²) in [5.74, 6) is 0.220. The summed E-state index contributed by atoms with van der Waals surface area (Å²) in [4.78, 5) is 13.1. The maximum atomic E-state index is 11.7. The van der Waals surface area contributed by atoms with Gasteiger partial charge in [-0.15, -0.1) is 0 Å². The number of nitrogens with zero attached hydrogens (tertiary/aromatic N) is 1. The SMILES string of the molecule is O=C1COc2cc(CO)ccc2N1CC(O)CO. The summed E-state index contributed by atoms with van der Waals surface area (Å²) in [5.41, 5.74) is 1.22. The summed E-state index contributed by atoms with van der Waals surface area (Å²) in [5, 5.41) is 27.3. The summed E-state index contributed by atoms with van der Waals surface area (Å²) in [6.07, 6.45) is -0.989. The first-order valence-corrected chi connectivity index (χ1v) is 5.61. The van der Waals surface area contributed by atoms with Crippen LogP contribution in [0.1, 0.15) is 5.56 Å². The lowest BCUT2D eigenvalue weighted by atomic mass is 10.1. The first-order chi connectivity index (χ1) is 8.65. The van der Waals surface area contributed by atoms with Crippen molar-refractivity contribution in [1.82, 2.24) is 0 Å². The molecule has 0 saturated heterocycles. The normalized spacial score (nSPS) is 16.2. The van der Waals surface area contributed by atoms with Crippen LogP contribution in [0, 0.1) is 0 Å². The summed E-state index contributed by atoms with van der Waals surface area (Å²) in [6, 6.07) is 4.99. The third-order valence-electron chi connectivity index (χ3n) is 2.75. The average Bonchev–Trinajstić information content (AvgIpc) is 2.41. The first kappa shape index (κ1) is 12.8. The second kappa shape index (κ2) is 5.34. The van der Waals surface area contributed by atoms with Crippen molar-refractivity contribution < 1.29 is 24.9 Å². The zero-order valence-corrected chi connectivity index (χ0v) is 9.74. The van der Waals surface area contributed by atoms with Crippen LogP contribution in [0.15, 0.2) is 18.2 Å². The van der Waals surface area contributed by atoms with Crippen molar-refractivity contribution in [3.8, 4) is 5.75 Å². The van der Waals surface area contributed by atoms with Gasteiger partial charge in [-0.1, -0.05) is 6.07 Å². The number of ether oxygens (including phenoxy) is 1. The molecule has 1 aromatic rings. The Bertz CT molecular complexity index is 448. The first-order valence-electron chi connectivity index (χ1n) is 5.61. The summed E-state index contributed by atoms with van der Waals surface area (Å²) in [7, 11) is 0. The molecule has 0 aromatic heterocycles. The zero-order chi connectivity index (χ0) is 13.1. The van der Waals surface area contributed by atoms with E-state index in [1.54, 1.807) is 18.2 Å². The Hall–Kier alpha value is -1.63. The monoisotopic (exact) mass is 253 g/mol. The largest absolute Gasteiger partial charge is 0.482 e. The van der Waals surface area contributed by atoms with Crippen molar-refractivity contribution in [3.05, 3.63) is 23.8 Å². The smallest absolute Gasteiger partial charge is 0.265 e. The number of benzene rings is 1. The number of β-amino-alcohol motifs (C(OH)–C–C–N with tert-alkyl or cyclic N) is 1. The molecule has 1 aliphatic heterocycles. The van der Waals surface area contributed by atoms with Crippen molar-refractivity contribution in [2.24, 2.45) is 0 Å². The van der Waals surface area contributed by atoms with Crippen LogP contribution in [0.5, 0.6) is 5.75 Å². The number of hydrogen-bond donors (Lipinski definition) is 3. The van der Waals surface area contributed by atoms with Crippen molar-refractivity contribution in [3.63, 3.8) is 0 Å². The lowest BCUT2D eigenvalue weighted by molar-refractivity contribution is -0.121. The molecule has 0 spiro atoms. The molecule has 1 aliphatic rings. The van der Waals surface area contributed by atoms with E-state index in [0.29, 0.717) is 17.0 Å². The maximum absolute atomic E-state index is 11.7. The topological polar surface area (TPSA) is 90.2 Å². The van der Waals surface area contributed by atoms with Crippen molar-refractivity contribution >= 4 is 11.6 Å². The van der Waals surface area contributed by atoms with Gasteiger partial charge in [0.05, 0.1) is 31.5 Å². The minimum absolute atomic E-state index is 0.0180. The molecule has 1 heterocycles. The second-order valence-electron chi connectivity index (χ2n) is 4.09. The number of aliphatic hydroxyl groups is 3. The quantitative estimate of drug-likeness (QED) is 0.657. The molecular weight excluding hydrogens is 238 g/mol. The Morgan fingerprint density at radius 2 is 2.17 bits per heavy atom. The van der Waals surface area contributed by atoms with Gasteiger partial charge < -0.3 is 25.0 Å². The molecule has 6 heteroatoms. The highest BCUT2D eigenvalue weighted by Crippen LogP contribution is 2.33. The third kappa shape index (κ3) is 2.45. The van der Waals surface area contributed by atoms with Crippen LogP contribution in [0.4, 0.5) is 5.69 Å². The fraction of sp³-hybridized carbons (Fsp3) is 0.417. The van der Waals surface area contributed by atoms with Crippen molar-refractivity contribution in [2.45, 2.75) is 12.7 Å². The number of fused-ring (bicyclic) bond motifs is 1. The molecular formula is C12H15NO5. The van der Waals surface area contributed by atoms with Crippen LogP contribution in [0.3, 0.4) is 0 Å². The van der Waals surface area contributed by atoms with E-state index in [1.807, 2.05) is 0 Å². The highest BCUT2D eigenvalue weighted by molar-refractivity contribution is 5.97. The number of aliphatic hydroxyl groups excluding tert-OH is 3. The van der Waals surface area contributed by atoms with Gasteiger partial charge in [0.25, 0.3) is 5.91 Å². The predicted octanol–water partition coefficient (Wildman–Crippen LogP) is -0.743. The molecule has 0 saturated carbocycles. The van der Waals surface area contributed by atoms with E-state index in [0.717, 1.165) is 0 Å². The average molecular weight is 253 g/mol. The van der Waals surface area contributed by atoms with Crippen LogP contribution in [0.25, 0.3) is 0 Å². The summed E-state index contributed by atoms with van der Waals surface area (Å²) < 4.78 is 5.28. The Morgan fingerprint density at radius 1 is 1.39 bits per heavy atom. The number of anilines is 1. The van der Waals surface area contributed by atoms with E-state index in [-0.39, 0.29) is 25.7 Å². The van der Waals surface area contributed by atoms with Gasteiger partial charge in [-0.2, -0.15) is 0 Å². The van der Waals surface area contributed by atoms with Crippen LogP contribution in [0.2, 0.25) is 0 Å². The molecule has 0 bridgehead atoms. The van der Waals surface area contributed by atoms with Gasteiger partial charge in [-0.05, 0) is 17.7 Å². The predicted molar refractivity (Wildman–Crippen MR) is 63.3 cm³/mol. The minimum Gasteiger partial charge on any atom is -0.482 e. The van der Waals surface area contributed by atoms with Gasteiger partial charge in [0.15, 0.2) is 6.61 Å². The van der Waals surface area contributed by atoms with Gasteiger partial charge in [0.2, 0.25) is 0 Å². The molecule has 1 unspecified atom stereocenters. The van der Waals surface area contributed by atoms with Crippen LogP contribution < -0.4 is 9.64 Å². The van der Waals surface area contributed by atoms with Gasteiger partial charge in [0.1, 0.15) is 5.75 Å². The molecule has 6 nitrogen and oxygen atoms in total. The van der Waals surface area contributed by atoms with E-state index in [4.69, 9.17) is 14.9 Å². The fourth-order valence-electron chi connectivity index (χ4n) is 1.82. The Kier molecular flexibility index (Phi) is 3.81. The Labute approximate surface area is 104 Å². The third-order valence-corrected chi connectivity index (χ3v) is 2.75. The van der Waals surface area contributed by atoms with E-state index >= 15 is 0 Å². The van der Waals surface area contributed by atoms with E-state index in [1.165, 1.54) is 4.90 Å². The van der Waals surface area contributed by atoms with Gasteiger partial charge in [-0.25, -0.2) is 0 Å². The van der Waals surface area contributed by atoms with Crippen molar-refractivity contribution in [1.29, 1.82) is 0 Å². The second-order valence-corrected chi connectivity index (χ2v) is 4.09. The molecule has 1 amide bonds. The Balaban J connectivity index is 2.29. The summed E-state index contributed by atoms with van der Waals surface area (Å²) in [6.45, 7) is -0.608. The van der Waals surface area contributed by atoms with Crippen LogP contribution in [-0.4, -0.2) is 47.1 Å². The maximum Gasteiger partial charge on any atom is 0.265 e. The standard InChI is InChI=1S/C12H15NO5/c14-5-8-1-2-10-11(3-8)18-7-12(17)13(10)4-9(16)6-15/h1-3,9,14-16H,4-7H2. The van der Waals surface area contributed by atoms with E-state index in [2.05, 4.69) is 0 Å².